The molecule has 2 aromatic rings. The van der Waals surface area contributed by atoms with Gasteiger partial charge in [-0.15, -0.1) is 5.10 Å². The first-order valence-electron chi connectivity index (χ1n) is 5.80. The molecule has 2 rings (SSSR count). The molecule has 0 spiro atoms. The molecular weight excluding hydrogens is 260 g/mol. The first-order valence-corrected chi connectivity index (χ1v) is 6.18. The molecule has 0 bridgehead atoms. The number of hydrogen-bond acceptors (Lipinski definition) is 4. The lowest BCUT2D eigenvalue weighted by molar-refractivity contribution is 0.960. The number of hydrogen-bond donors (Lipinski definition) is 1. The Kier molecular flexibility index (Phi) is 3.68. The number of anilines is 2. The van der Waals surface area contributed by atoms with Gasteiger partial charge in [0.25, 0.3) is 0 Å². The van der Waals surface area contributed by atoms with Crippen LogP contribution in [0.15, 0.2) is 18.2 Å². The van der Waals surface area contributed by atoms with E-state index in [0.717, 1.165) is 22.5 Å². The second-order valence-electron chi connectivity index (χ2n) is 4.33. The predicted octanol–water partition coefficient (Wildman–Crippen LogP) is 3.67. The van der Waals surface area contributed by atoms with Crippen molar-refractivity contribution >= 4 is 23.1 Å². The largest absolute Gasteiger partial charge is 0.337 e. The Morgan fingerprint density at radius 2 is 1.95 bits per heavy atom. The maximum atomic E-state index is 9.24. The van der Waals surface area contributed by atoms with Crippen molar-refractivity contribution in [3.8, 4) is 6.07 Å². The summed E-state index contributed by atoms with van der Waals surface area (Å²) in [6.45, 7) is 5.64. The van der Waals surface area contributed by atoms with Gasteiger partial charge in [0.2, 0.25) is 0 Å². The van der Waals surface area contributed by atoms with Gasteiger partial charge in [-0.1, -0.05) is 11.6 Å². The molecule has 0 atom stereocenters. The summed E-state index contributed by atoms with van der Waals surface area (Å²) in [4.78, 5) is 0. The number of halogens is 1. The zero-order valence-corrected chi connectivity index (χ0v) is 11.7. The normalized spacial score (nSPS) is 10.1. The molecule has 0 amide bonds. The van der Waals surface area contributed by atoms with E-state index in [1.54, 1.807) is 6.07 Å². The lowest BCUT2D eigenvalue weighted by Gasteiger charge is -2.11. The van der Waals surface area contributed by atoms with Crippen LogP contribution in [0.1, 0.15) is 22.4 Å². The monoisotopic (exact) mass is 272 g/mol. The van der Waals surface area contributed by atoms with Crippen LogP contribution in [0.5, 0.6) is 0 Å². The third kappa shape index (κ3) is 2.67. The van der Waals surface area contributed by atoms with E-state index < -0.39 is 0 Å². The van der Waals surface area contributed by atoms with Crippen molar-refractivity contribution in [3.63, 3.8) is 0 Å². The molecule has 96 valence electrons. The second kappa shape index (κ2) is 5.25. The standard InChI is InChI=1S/C14H13ClN4/c1-8-6-11(15)4-5-13(8)17-14-12(7-16)9(2)10(3)18-19-14/h4-6H,1-3H3,(H,17,19). The average molecular weight is 273 g/mol. The van der Waals surface area contributed by atoms with Crippen LogP contribution in [0.3, 0.4) is 0 Å². The zero-order valence-electron chi connectivity index (χ0n) is 11.0. The molecule has 5 heteroatoms. The Hall–Kier alpha value is -2.12. The van der Waals surface area contributed by atoms with Gasteiger partial charge in [0.05, 0.1) is 5.69 Å². The molecule has 1 aromatic heterocycles. The third-order valence-electron chi connectivity index (χ3n) is 3.01. The van der Waals surface area contributed by atoms with E-state index in [2.05, 4.69) is 21.6 Å². The summed E-state index contributed by atoms with van der Waals surface area (Å²) in [7, 11) is 0. The van der Waals surface area contributed by atoms with Gasteiger partial charge in [0, 0.05) is 10.7 Å². The van der Waals surface area contributed by atoms with E-state index in [1.165, 1.54) is 0 Å². The van der Waals surface area contributed by atoms with Crippen LogP contribution in [-0.2, 0) is 0 Å². The van der Waals surface area contributed by atoms with Crippen LogP contribution in [-0.4, -0.2) is 10.2 Å². The molecule has 1 heterocycles. The van der Waals surface area contributed by atoms with Gasteiger partial charge in [0.1, 0.15) is 11.6 Å². The smallest absolute Gasteiger partial charge is 0.171 e. The zero-order chi connectivity index (χ0) is 14.0. The molecule has 0 aliphatic carbocycles. The molecule has 0 aliphatic rings. The molecule has 4 nitrogen and oxygen atoms in total. The topological polar surface area (TPSA) is 61.6 Å². The van der Waals surface area contributed by atoms with Crippen molar-refractivity contribution in [2.24, 2.45) is 0 Å². The van der Waals surface area contributed by atoms with Gasteiger partial charge in [-0.3, -0.25) is 0 Å². The highest BCUT2D eigenvalue weighted by atomic mass is 35.5. The van der Waals surface area contributed by atoms with Crippen LogP contribution in [0, 0.1) is 32.1 Å². The van der Waals surface area contributed by atoms with Gasteiger partial charge in [-0.2, -0.15) is 10.4 Å². The second-order valence-corrected chi connectivity index (χ2v) is 4.77. The predicted molar refractivity (Wildman–Crippen MR) is 75.7 cm³/mol. The van der Waals surface area contributed by atoms with Crippen LogP contribution in [0.25, 0.3) is 0 Å². The fourth-order valence-corrected chi connectivity index (χ4v) is 1.95. The summed E-state index contributed by atoms with van der Waals surface area (Å²) < 4.78 is 0. The molecule has 0 unspecified atom stereocenters. The van der Waals surface area contributed by atoms with Crippen molar-refractivity contribution in [1.82, 2.24) is 10.2 Å². The van der Waals surface area contributed by atoms with E-state index in [1.807, 2.05) is 32.9 Å². The molecule has 0 saturated heterocycles. The molecule has 1 N–H and O–H groups in total. The first-order chi connectivity index (χ1) is 9.02. The van der Waals surface area contributed by atoms with Gasteiger partial charge in [-0.05, 0) is 50.1 Å². The quantitative estimate of drug-likeness (QED) is 0.906. The summed E-state index contributed by atoms with van der Waals surface area (Å²) in [6, 6.07) is 7.66. The number of aryl methyl sites for hydroxylation is 2. The number of nitrogens with one attached hydrogen (secondary N) is 1. The van der Waals surface area contributed by atoms with Crippen LogP contribution >= 0.6 is 11.6 Å². The summed E-state index contributed by atoms with van der Waals surface area (Å²) in [6.07, 6.45) is 0. The van der Waals surface area contributed by atoms with E-state index >= 15 is 0 Å². The van der Waals surface area contributed by atoms with E-state index in [0.29, 0.717) is 16.4 Å². The molecule has 0 radical (unpaired) electrons. The molecular formula is C14H13ClN4. The maximum Gasteiger partial charge on any atom is 0.171 e. The summed E-state index contributed by atoms with van der Waals surface area (Å²) in [5.41, 5.74) is 3.96. The third-order valence-corrected chi connectivity index (χ3v) is 3.24. The SMILES string of the molecule is Cc1cc(Cl)ccc1Nc1nnc(C)c(C)c1C#N. The van der Waals surface area contributed by atoms with E-state index in [-0.39, 0.29) is 0 Å². The molecule has 1 aromatic carbocycles. The Labute approximate surface area is 117 Å². The summed E-state index contributed by atoms with van der Waals surface area (Å²) >= 11 is 5.92. The Morgan fingerprint density at radius 1 is 1.21 bits per heavy atom. The number of aromatic nitrogens is 2. The highest BCUT2D eigenvalue weighted by Crippen LogP contribution is 2.25. The Balaban J connectivity index is 2.44. The van der Waals surface area contributed by atoms with Gasteiger partial charge in [0.15, 0.2) is 5.82 Å². The van der Waals surface area contributed by atoms with Gasteiger partial charge in [-0.25, -0.2) is 0 Å². The van der Waals surface area contributed by atoms with Crippen molar-refractivity contribution in [2.75, 3.05) is 5.32 Å². The minimum absolute atomic E-state index is 0.469. The summed E-state index contributed by atoms with van der Waals surface area (Å²) in [5, 5.41) is 21.1. The van der Waals surface area contributed by atoms with Crippen LogP contribution in [0.2, 0.25) is 5.02 Å². The van der Waals surface area contributed by atoms with Gasteiger partial charge >= 0.3 is 0 Å². The fraction of sp³-hybridized carbons (Fsp3) is 0.214. The van der Waals surface area contributed by atoms with Crippen molar-refractivity contribution in [2.45, 2.75) is 20.8 Å². The minimum atomic E-state index is 0.469. The number of benzene rings is 1. The number of rotatable bonds is 2. The van der Waals surface area contributed by atoms with E-state index in [9.17, 15) is 5.26 Å². The number of nitrogens with zero attached hydrogens (tertiary/aromatic N) is 3. The Morgan fingerprint density at radius 3 is 2.58 bits per heavy atom. The molecule has 0 aliphatic heterocycles. The van der Waals surface area contributed by atoms with Gasteiger partial charge < -0.3 is 5.32 Å². The molecule has 19 heavy (non-hydrogen) atoms. The number of nitriles is 1. The lowest BCUT2D eigenvalue weighted by atomic mass is 10.1. The van der Waals surface area contributed by atoms with Crippen molar-refractivity contribution in [3.05, 3.63) is 45.6 Å². The Bertz CT molecular complexity index is 674. The summed E-state index contributed by atoms with van der Waals surface area (Å²) in [5.74, 6) is 0.469. The van der Waals surface area contributed by atoms with Crippen molar-refractivity contribution < 1.29 is 0 Å². The minimum Gasteiger partial charge on any atom is -0.337 e. The highest BCUT2D eigenvalue weighted by Gasteiger charge is 2.11. The van der Waals surface area contributed by atoms with Crippen LogP contribution < -0.4 is 5.32 Å². The maximum absolute atomic E-state index is 9.24. The fourth-order valence-electron chi connectivity index (χ4n) is 1.73. The average Bonchev–Trinajstić information content (AvgIpc) is 2.37. The molecule has 0 fully saturated rings. The first kappa shape index (κ1) is 13.3. The highest BCUT2D eigenvalue weighted by molar-refractivity contribution is 6.30. The molecule has 0 saturated carbocycles. The van der Waals surface area contributed by atoms with Crippen molar-refractivity contribution in [1.29, 1.82) is 5.26 Å². The lowest BCUT2D eigenvalue weighted by Crippen LogP contribution is -2.04. The van der Waals surface area contributed by atoms with E-state index in [4.69, 9.17) is 11.6 Å². The van der Waals surface area contributed by atoms with Crippen LogP contribution in [0.4, 0.5) is 11.5 Å².